The molecule has 1 spiro atoms. The first-order valence-corrected chi connectivity index (χ1v) is 10.7. The summed E-state index contributed by atoms with van der Waals surface area (Å²) in [5.74, 6) is -2.51. The first-order valence-electron chi connectivity index (χ1n) is 10.3. The molecule has 4 atom stereocenters. The number of aliphatic hydroxyl groups is 1. The molecule has 162 valence electrons. The summed E-state index contributed by atoms with van der Waals surface area (Å²) in [4.78, 5) is 27.4. The summed E-state index contributed by atoms with van der Waals surface area (Å²) in [7, 11) is 0. The van der Waals surface area contributed by atoms with Gasteiger partial charge in [-0.2, -0.15) is 0 Å². The van der Waals surface area contributed by atoms with Gasteiger partial charge in [0.25, 0.3) is 0 Å². The summed E-state index contributed by atoms with van der Waals surface area (Å²) in [5.41, 5.74) is 0.971. The number of nitrogens with one attached hydrogen (secondary N) is 2. The smallest absolute Gasteiger partial charge is 0.250 e. The van der Waals surface area contributed by atoms with E-state index in [9.17, 15) is 19.1 Å². The number of amides is 1. The normalized spacial score (nSPS) is 26.2. The number of ketones is 1. The molecule has 1 saturated heterocycles. The van der Waals surface area contributed by atoms with Crippen molar-refractivity contribution in [1.82, 2.24) is 5.32 Å². The van der Waals surface area contributed by atoms with Crippen LogP contribution in [-0.4, -0.2) is 29.4 Å². The SMILES string of the molecule is O=C(c1ccc(F)cc1)C1C(c2ccc(Cl)cc2)C(CO)NC12C(=O)Nc1ccccc12. The molecule has 1 fully saturated rings. The van der Waals surface area contributed by atoms with Gasteiger partial charge in [-0.15, -0.1) is 0 Å². The number of anilines is 1. The van der Waals surface area contributed by atoms with Crippen LogP contribution in [0.2, 0.25) is 5.02 Å². The Kier molecular flexibility index (Phi) is 5.08. The zero-order chi connectivity index (χ0) is 22.5. The first-order chi connectivity index (χ1) is 15.5. The van der Waals surface area contributed by atoms with Crippen molar-refractivity contribution in [2.24, 2.45) is 5.92 Å². The van der Waals surface area contributed by atoms with Gasteiger partial charge in [0, 0.05) is 33.8 Å². The van der Waals surface area contributed by atoms with E-state index >= 15 is 0 Å². The van der Waals surface area contributed by atoms with Crippen molar-refractivity contribution in [3.8, 4) is 0 Å². The quantitative estimate of drug-likeness (QED) is 0.527. The minimum atomic E-state index is -1.38. The number of rotatable bonds is 4. The Morgan fingerprint density at radius 1 is 1.03 bits per heavy atom. The summed E-state index contributed by atoms with van der Waals surface area (Å²) < 4.78 is 13.5. The first kappa shape index (κ1) is 20.8. The zero-order valence-corrected chi connectivity index (χ0v) is 17.6. The van der Waals surface area contributed by atoms with Crippen LogP contribution in [0.25, 0.3) is 0 Å². The minimum absolute atomic E-state index is 0.280. The molecule has 4 unspecified atom stereocenters. The summed E-state index contributed by atoms with van der Waals surface area (Å²) >= 11 is 6.08. The van der Waals surface area contributed by atoms with Gasteiger partial charge < -0.3 is 10.4 Å². The molecule has 2 heterocycles. The number of carbonyl (C=O) groups is 2. The number of benzene rings is 3. The lowest BCUT2D eigenvalue weighted by atomic mass is 9.69. The van der Waals surface area contributed by atoms with Gasteiger partial charge >= 0.3 is 0 Å². The molecule has 0 radical (unpaired) electrons. The van der Waals surface area contributed by atoms with E-state index < -0.39 is 29.2 Å². The van der Waals surface area contributed by atoms with Crippen LogP contribution in [0, 0.1) is 11.7 Å². The molecule has 3 N–H and O–H groups in total. The van der Waals surface area contributed by atoms with E-state index in [4.69, 9.17) is 11.6 Å². The van der Waals surface area contributed by atoms with Crippen LogP contribution < -0.4 is 10.6 Å². The second kappa shape index (κ2) is 7.81. The zero-order valence-electron chi connectivity index (χ0n) is 16.9. The van der Waals surface area contributed by atoms with E-state index in [2.05, 4.69) is 10.6 Å². The molecule has 3 aromatic rings. The Hall–Kier alpha value is -3.06. The number of Topliss-reactive ketones (excluding diaryl/α,β-unsaturated/α-hetero) is 1. The van der Waals surface area contributed by atoms with E-state index in [1.165, 1.54) is 24.3 Å². The highest BCUT2D eigenvalue weighted by Gasteiger charge is 2.64. The van der Waals surface area contributed by atoms with Crippen molar-refractivity contribution < 1.29 is 19.1 Å². The minimum Gasteiger partial charge on any atom is -0.395 e. The molecule has 0 saturated carbocycles. The topological polar surface area (TPSA) is 78.4 Å². The van der Waals surface area contributed by atoms with Crippen LogP contribution in [-0.2, 0) is 10.3 Å². The second-order valence-corrected chi connectivity index (χ2v) is 8.60. The molecule has 5 rings (SSSR count). The van der Waals surface area contributed by atoms with Gasteiger partial charge in [0.2, 0.25) is 5.91 Å². The molecular formula is C25H20ClFN2O3. The maximum absolute atomic E-state index is 13.9. The van der Waals surface area contributed by atoms with Gasteiger partial charge in [0.15, 0.2) is 5.78 Å². The highest BCUT2D eigenvalue weighted by Crippen LogP contribution is 2.53. The Balaban J connectivity index is 1.73. The van der Waals surface area contributed by atoms with Crippen molar-refractivity contribution >= 4 is 29.0 Å². The second-order valence-electron chi connectivity index (χ2n) is 8.17. The molecule has 1 amide bonds. The van der Waals surface area contributed by atoms with Gasteiger partial charge in [-0.1, -0.05) is 41.9 Å². The fourth-order valence-electron chi connectivity index (χ4n) is 5.13. The fourth-order valence-corrected chi connectivity index (χ4v) is 5.25. The monoisotopic (exact) mass is 450 g/mol. The maximum atomic E-state index is 13.9. The lowest BCUT2D eigenvalue weighted by molar-refractivity contribution is -0.122. The van der Waals surface area contributed by atoms with Crippen molar-refractivity contribution in [3.63, 3.8) is 0 Å². The van der Waals surface area contributed by atoms with Crippen LogP contribution in [0.3, 0.4) is 0 Å². The van der Waals surface area contributed by atoms with E-state index in [0.717, 1.165) is 5.56 Å². The molecular weight excluding hydrogens is 431 g/mol. The van der Waals surface area contributed by atoms with Crippen molar-refractivity contribution in [2.45, 2.75) is 17.5 Å². The molecule has 32 heavy (non-hydrogen) atoms. The highest BCUT2D eigenvalue weighted by molar-refractivity contribution is 6.30. The van der Waals surface area contributed by atoms with Crippen LogP contribution in [0.15, 0.2) is 72.8 Å². The van der Waals surface area contributed by atoms with Crippen LogP contribution in [0.1, 0.15) is 27.4 Å². The summed E-state index contributed by atoms with van der Waals surface area (Å²) in [6.45, 7) is -0.280. The summed E-state index contributed by atoms with van der Waals surface area (Å²) in [6, 6.07) is 19.0. The Labute approximate surface area is 189 Å². The van der Waals surface area contributed by atoms with Crippen molar-refractivity contribution in [2.75, 3.05) is 11.9 Å². The van der Waals surface area contributed by atoms with Crippen LogP contribution >= 0.6 is 11.6 Å². The van der Waals surface area contributed by atoms with Crippen molar-refractivity contribution in [1.29, 1.82) is 0 Å². The molecule has 0 aromatic heterocycles. The Bertz CT molecular complexity index is 1200. The average Bonchev–Trinajstić information content (AvgIpc) is 3.30. The molecule has 5 nitrogen and oxygen atoms in total. The van der Waals surface area contributed by atoms with Crippen LogP contribution in [0.5, 0.6) is 0 Å². The molecule has 2 aliphatic heterocycles. The Morgan fingerprint density at radius 2 is 1.72 bits per heavy atom. The fraction of sp³-hybridized carbons (Fsp3) is 0.200. The number of fused-ring (bicyclic) bond motifs is 2. The lowest BCUT2D eigenvalue weighted by Gasteiger charge is -2.31. The number of aliphatic hydroxyl groups excluding tert-OH is 1. The molecule has 7 heteroatoms. The molecule has 3 aromatic carbocycles. The number of carbonyl (C=O) groups excluding carboxylic acids is 2. The van der Waals surface area contributed by atoms with Gasteiger partial charge in [-0.3, -0.25) is 14.9 Å². The van der Waals surface area contributed by atoms with E-state index in [1.807, 2.05) is 18.2 Å². The predicted octanol–water partition coefficient (Wildman–Crippen LogP) is 3.87. The number of hydrogen-bond donors (Lipinski definition) is 3. The molecule has 0 aliphatic carbocycles. The van der Waals surface area contributed by atoms with Crippen molar-refractivity contribution in [3.05, 3.63) is 100 Å². The third kappa shape index (κ3) is 3.06. The summed E-state index contributed by atoms with van der Waals surface area (Å²) in [5, 5.41) is 17.0. The van der Waals surface area contributed by atoms with Crippen LogP contribution in [0.4, 0.5) is 10.1 Å². The van der Waals surface area contributed by atoms with Gasteiger partial charge in [-0.05, 0) is 48.0 Å². The van der Waals surface area contributed by atoms with Gasteiger partial charge in [0.05, 0.1) is 12.5 Å². The molecule has 0 bridgehead atoms. The highest BCUT2D eigenvalue weighted by atomic mass is 35.5. The third-order valence-electron chi connectivity index (χ3n) is 6.49. The van der Waals surface area contributed by atoms with E-state index in [0.29, 0.717) is 21.8 Å². The average molecular weight is 451 g/mol. The van der Waals surface area contributed by atoms with E-state index in [1.54, 1.807) is 30.3 Å². The largest absolute Gasteiger partial charge is 0.395 e. The van der Waals surface area contributed by atoms with Gasteiger partial charge in [-0.25, -0.2) is 4.39 Å². The standard InChI is InChI=1S/C25H20ClFN2O3/c26-16-9-5-14(6-10-16)21-20(13-30)29-25(18-3-1-2-4-19(18)28-24(25)32)22(21)23(31)15-7-11-17(27)12-8-15/h1-12,20-22,29-30H,13H2,(H,28,32). The number of halogens is 2. The van der Waals surface area contributed by atoms with Gasteiger partial charge in [0.1, 0.15) is 11.4 Å². The Morgan fingerprint density at radius 3 is 2.41 bits per heavy atom. The molecule has 2 aliphatic rings. The third-order valence-corrected chi connectivity index (χ3v) is 6.75. The van der Waals surface area contributed by atoms with E-state index in [-0.39, 0.29) is 18.3 Å². The predicted molar refractivity (Wildman–Crippen MR) is 119 cm³/mol. The number of para-hydroxylation sites is 1. The lowest BCUT2D eigenvalue weighted by Crippen LogP contribution is -2.52. The summed E-state index contributed by atoms with van der Waals surface area (Å²) in [6.07, 6.45) is 0. The number of hydrogen-bond acceptors (Lipinski definition) is 4. The maximum Gasteiger partial charge on any atom is 0.250 e.